The zero-order chi connectivity index (χ0) is 79.6. The summed E-state index contributed by atoms with van der Waals surface area (Å²) in [5.74, 6) is -10.7. The lowest BCUT2D eigenvalue weighted by molar-refractivity contribution is -0.142. The summed E-state index contributed by atoms with van der Waals surface area (Å²) < 4.78 is 0. The number of nitrogens with two attached hydrogens (primary N) is 5. The summed E-state index contributed by atoms with van der Waals surface area (Å²) in [6, 6.07) is 1.91. The van der Waals surface area contributed by atoms with Gasteiger partial charge in [-0.15, -0.1) is 0 Å². The summed E-state index contributed by atoms with van der Waals surface area (Å²) in [7, 11) is 0. The minimum Gasteiger partial charge on any atom is -0.480 e. The standard InChI is InChI=1S/C75H127N17O14/c1-44(2)38-58(89-73(103)60(40-46(5)6)88-69(99)55(31-19-23-35-77)84-63(93)48(9)81-66(96)53(80)42-51-26-14-12-15-27-51)71(101)83-49(10)64(94)85-56(32-20-24-36-78)70(100)91-61(43-52-28-16-13-17-29-52)74(104)90-59(39-45(3)4)72(102)87-57(33-21-25-37-79)68(98)86-54(30-18-22-34-76)67(97)82-50(11)65(95)92-62(75(105)106)41-47(7)8/h12-17,26-29,44-50,53-62H,18-25,30-43,76-80H2,1-11H3,(H,81,96)(H,82,97)(H,83,101)(H,84,93)(H,85,94)(H,86,98)(H,87,102)(H,88,99)(H,89,103)(H,90,104)(H,91,100)(H,92,95)(H,105,106)/t48-,49-,50-,53-,54-,55-,56-,57-,58-,59-,60-,61-,62-/m0/s1. The Kier molecular flexibility index (Phi) is 44.8. The van der Waals surface area contributed by atoms with Crippen LogP contribution in [0.25, 0.3) is 0 Å². The van der Waals surface area contributed by atoms with Crippen LogP contribution in [0.4, 0.5) is 0 Å². The van der Waals surface area contributed by atoms with Crippen molar-refractivity contribution in [3.05, 3.63) is 71.8 Å². The SMILES string of the molecule is CC(C)C[C@H](NC(=O)[C@H](C)NC(=O)[C@H](CCCCN)NC(=O)[C@H](CCCCN)NC(=O)[C@H](CC(C)C)NC(=O)[C@H](Cc1ccccc1)NC(=O)[C@H](CCCCN)NC(=O)[C@H](C)NC(=O)[C@H](CC(C)C)NC(=O)[C@H](CC(C)C)NC(=O)[C@H](CCCCN)NC(=O)[C@H](C)NC(=O)[C@@H](N)Cc1ccccc1)C(=O)O. The maximum atomic E-state index is 14.8. The third-order valence-corrected chi connectivity index (χ3v) is 17.5. The minimum atomic E-state index is -1.38. The van der Waals surface area contributed by atoms with Crippen molar-refractivity contribution < 1.29 is 67.4 Å². The molecule has 31 nitrogen and oxygen atoms in total. The first-order chi connectivity index (χ1) is 50.1. The van der Waals surface area contributed by atoms with E-state index in [-0.39, 0.29) is 108 Å². The zero-order valence-electron chi connectivity index (χ0n) is 64.3. The number of hydrogen-bond acceptors (Lipinski definition) is 18. The molecule has 0 bridgehead atoms. The maximum absolute atomic E-state index is 14.8. The summed E-state index contributed by atoms with van der Waals surface area (Å²) in [4.78, 5) is 181. The Balaban J connectivity index is 2.44. The van der Waals surface area contributed by atoms with Crippen LogP contribution in [-0.2, 0) is 75.2 Å². The number of amides is 12. The van der Waals surface area contributed by atoms with Crippen molar-refractivity contribution in [1.82, 2.24) is 63.8 Å². The lowest BCUT2D eigenvalue weighted by atomic mass is 9.99. The second-order valence-corrected chi connectivity index (χ2v) is 29.2. The normalized spacial score (nSPS) is 15.1. The van der Waals surface area contributed by atoms with Crippen LogP contribution in [0.15, 0.2) is 60.7 Å². The number of carboxylic acids is 1. The van der Waals surface area contributed by atoms with Gasteiger partial charge >= 0.3 is 5.97 Å². The number of hydrogen-bond donors (Lipinski definition) is 18. The Morgan fingerprint density at radius 3 is 0.811 bits per heavy atom. The molecule has 0 aromatic heterocycles. The molecular formula is C75H127N17O14. The number of rotatable bonds is 53. The van der Waals surface area contributed by atoms with Crippen LogP contribution in [0.5, 0.6) is 0 Å². The van der Waals surface area contributed by atoms with E-state index in [1.807, 2.05) is 71.9 Å². The number of aliphatic carboxylic acids is 1. The van der Waals surface area contributed by atoms with E-state index in [2.05, 4.69) is 63.8 Å². The van der Waals surface area contributed by atoms with Crippen LogP contribution >= 0.6 is 0 Å². The molecule has 12 amide bonds. The number of nitrogens with one attached hydrogen (secondary N) is 12. The third-order valence-electron chi connectivity index (χ3n) is 17.5. The van der Waals surface area contributed by atoms with Gasteiger partial charge in [-0.3, -0.25) is 57.5 Å². The highest BCUT2D eigenvalue weighted by Crippen LogP contribution is 2.16. The van der Waals surface area contributed by atoms with Gasteiger partial charge < -0.3 is 97.6 Å². The zero-order valence-corrected chi connectivity index (χ0v) is 64.3. The number of unbranched alkanes of at least 4 members (excludes halogenated alkanes) is 4. The fraction of sp³-hybridized carbons (Fsp3) is 0.667. The van der Waals surface area contributed by atoms with Crippen molar-refractivity contribution in [3.63, 3.8) is 0 Å². The van der Waals surface area contributed by atoms with Gasteiger partial charge in [-0.05, 0) is 191 Å². The van der Waals surface area contributed by atoms with E-state index in [0.29, 0.717) is 63.5 Å². The number of carbonyl (C=O) groups excluding carboxylic acids is 12. The van der Waals surface area contributed by atoms with E-state index in [4.69, 9.17) is 28.7 Å². The second kappa shape index (κ2) is 50.8. The average Bonchev–Trinajstić information content (AvgIpc) is 0.851. The molecule has 0 saturated heterocycles. The van der Waals surface area contributed by atoms with Gasteiger partial charge in [0.25, 0.3) is 0 Å². The van der Waals surface area contributed by atoms with E-state index in [0.717, 1.165) is 5.56 Å². The Morgan fingerprint density at radius 1 is 0.283 bits per heavy atom. The van der Waals surface area contributed by atoms with E-state index < -0.39 is 155 Å². The molecule has 23 N–H and O–H groups in total. The van der Waals surface area contributed by atoms with Crippen LogP contribution in [0.2, 0.25) is 0 Å². The Morgan fingerprint density at radius 2 is 0.509 bits per heavy atom. The molecule has 0 aliphatic heterocycles. The number of carbonyl (C=O) groups is 13. The molecule has 2 aromatic carbocycles. The molecule has 0 aliphatic rings. The molecule has 596 valence electrons. The largest absolute Gasteiger partial charge is 0.480 e. The molecule has 0 unspecified atom stereocenters. The molecule has 0 saturated carbocycles. The van der Waals surface area contributed by atoms with Gasteiger partial charge in [-0.1, -0.05) is 116 Å². The highest BCUT2D eigenvalue weighted by molar-refractivity contribution is 5.99. The van der Waals surface area contributed by atoms with Gasteiger partial charge in [0.15, 0.2) is 0 Å². The molecule has 106 heavy (non-hydrogen) atoms. The van der Waals surface area contributed by atoms with Crippen molar-refractivity contribution >= 4 is 76.9 Å². The molecule has 0 heterocycles. The predicted molar refractivity (Wildman–Crippen MR) is 406 cm³/mol. The van der Waals surface area contributed by atoms with E-state index >= 15 is 0 Å². The maximum Gasteiger partial charge on any atom is 0.326 e. The first kappa shape index (κ1) is 93.4. The average molecular weight is 1490 g/mol. The van der Waals surface area contributed by atoms with E-state index in [1.54, 1.807) is 44.2 Å². The lowest BCUT2D eigenvalue weighted by Gasteiger charge is -2.29. The molecule has 0 spiro atoms. The Labute approximate surface area is 626 Å². The van der Waals surface area contributed by atoms with Gasteiger partial charge in [0, 0.05) is 6.42 Å². The molecule has 0 radical (unpaired) electrons. The molecular weight excluding hydrogens is 1360 g/mol. The number of carboxylic acid groups (broad SMARTS) is 1. The molecule has 31 heteroatoms. The Hall–Kier alpha value is -8.65. The van der Waals surface area contributed by atoms with Crippen molar-refractivity contribution in [2.75, 3.05) is 26.2 Å². The summed E-state index contributed by atoms with van der Waals surface area (Å²) in [5.41, 5.74) is 30.9. The fourth-order valence-electron chi connectivity index (χ4n) is 11.5. The predicted octanol–water partition coefficient (Wildman–Crippen LogP) is 0.461. The molecule has 0 aliphatic carbocycles. The van der Waals surface area contributed by atoms with Crippen LogP contribution in [0, 0.1) is 23.7 Å². The topological polar surface area (TPSA) is 517 Å². The summed E-state index contributed by atoms with van der Waals surface area (Å²) in [5, 5.41) is 42.2. The van der Waals surface area contributed by atoms with Crippen molar-refractivity contribution in [1.29, 1.82) is 0 Å². The smallest absolute Gasteiger partial charge is 0.326 e. The highest BCUT2D eigenvalue weighted by Gasteiger charge is 2.37. The van der Waals surface area contributed by atoms with Crippen LogP contribution in [0.1, 0.15) is 190 Å². The van der Waals surface area contributed by atoms with Gasteiger partial charge in [0.2, 0.25) is 70.9 Å². The van der Waals surface area contributed by atoms with Crippen molar-refractivity contribution in [2.45, 2.75) is 270 Å². The quantitative estimate of drug-likeness (QED) is 0.0400. The lowest BCUT2D eigenvalue weighted by Crippen LogP contribution is -2.61. The molecule has 2 aromatic rings. The summed E-state index contributed by atoms with van der Waals surface area (Å²) in [6.45, 7) is 19.9. The summed E-state index contributed by atoms with van der Waals surface area (Å²) >= 11 is 0. The highest BCUT2D eigenvalue weighted by atomic mass is 16.4. The second-order valence-electron chi connectivity index (χ2n) is 29.2. The van der Waals surface area contributed by atoms with Gasteiger partial charge in [0.05, 0.1) is 6.04 Å². The van der Waals surface area contributed by atoms with Crippen LogP contribution < -0.4 is 92.5 Å². The molecule has 13 atom stereocenters. The third kappa shape index (κ3) is 37.1. The first-order valence-corrected chi connectivity index (χ1v) is 37.7. The molecule has 0 fully saturated rings. The van der Waals surface area contributed by atoms with E-state index in [1.165, 1.54) is 20.8 Å². The summed E-state index contributed by atoms with van der Waals surface area (Å²) in [6.07, 6.45) is 4.22. The minimum absolute atomic E-state index is 0.0304. The van der Waals surface area contributed by atoms with E-state index in [9.17, 15) is 67.4 Å². The van der Waals surface area contributed by atoms with Gasteiger partial charge in [0.1, 0.15) is 72.5 Å². The van der Waals surface area contributed by atoms with Crippen molar-refractivity contribution in [2.24, 2.45) is 52.3 Å². The van der Waals surface area contributed by atoms with Gasteiger partial charge in [-0.2, -0.15) is 0 Å². The monoisotopic (exact) mass is 1490 g/mol. The van der Waals surface area contributed by atoms with Crippen molar-refractivity contribution in [3.8, 4) is 0 Å². The van der Waals surface area contributed by atoms with Crippen LogP contribution in [0.3, 0.4) is 0 Å². The fourth-order valence-corrected chi connectivity index (χ4v) is 11.5. The molecule has 2 rings (SSSR count). The first-order valence-electron chi connectivity index (χ1n) is 37.7. The van der Waals surface area contributed by atoms with Gasteiger partial charge in [-0.25, -0.2) is 4.79 Å². The van der Waals surface area contributed by atoms with Crippen LogP contribution in [-0.4, -0.2) is 187 Å². The Bertz CT molecular complexity index is 3070. The number of benzene rings is 2.